The average Bonchev–Trinajstić information content (AvgIpc) is 2.35. The number of aromatic nitrogens is 2. The van der Waals surface area contributed by atoms with Crippen LogP contribution < -0.4 is 11.1 Å². The van der Waals surface area contributed by atoms with Crippen molar-refractivity contribution in [2.75, 3.05) is 11.1 Å². The Morgan fingerprint density at radius 1 is 1.29 bits per heavy atom. The molecule has 5 heteroatoms. The molecule has 0 saturated heterocycles. The zero-order valence-corrected chi connectivity index (χ0v) is 11.0. The molecule has 0 aliphatic rings. The van der Waals surface area contributed by atoms with Crippen LogP contribution in [0, 0.1) is 0 Å². The van der Waals surface area contributed by atoms with E-state index in [2.05, 4.69) is 38.1 Å². The number of nitrogens with zero attached hydrogens (tertiary/aromatic N) is 2. The maximum absolute atomic E-state index is 5.88. The lowest BCUT2D eigenvalue weighted by Crippen LogP contribution is -2.09. The number of halogens is 1. The van der Waals surface area contributed by atoms with Crippen molar-refractivity contribution < 1.29 is 0 Å². The molecule has 1 unspecified atom stereocenters. The summed E-state index contributed by atoms with van der Waals surface area (Å²) in [6.45, 7) is 2.06. The molecule has 0 amide bonds. The van der Waals surface area contributed by atoms with E-state index in [-0.39, 0.29) is 6.04 Å². The minimum atomic E-state index is 0.129. The van der Waals surface area contributed by atoms with Gasteiger partial charge in [0.05, 0.1) is 28.1 Å². The average molecular weight is 293 g/mol. The molecule has 2 aromatic heterocycles. The molecule has 0 saturated carbocycles. The van der Waals surface area contributed by atoms with Crippen LogP contribution in [-0.2, 0) is 0 Å². The highest BCUT2D eigenvalue weighted by atomic mass is 79.9. The molecular formula is C12H13BrN4. The quantitative estimate of drug-likeness (QED) is 0.913. The Bertz CT molecular complexity index is 481. The fourth-order valence-corrected chi connectivity index (χ4v) is 2.00. The van der Waals surface area contributed by atoms with Crippen LogP contribution in [0.15, 0.2) is 41.4 Å². The van der Waals surface area contributed by atoms with E-state index in [0.717, 1.165) is 15.7 Å². The Labute approximate surface area is 108 Å². The molecule has 0 aliphatic heterocycles. The predicted molar refractivity (Wildman–Crippen MR) is 72.6 cm³/mol. The third-order valence-corrected chi connectivity index (χ3v) is 3.08. The van der Waals surface area contributed by atoms with Crippen molar-refractivity contribution in [1.82, 2.24) is 9.97 Å². The number of nitrogens with two attached hydrogens (primary N) is 1. The van der Waals surface area contributed by atoms with E-state index in [9.17, 15) is 0 Å². The Balaban J connectivity index is 2.22. The van der Waals surface area contributed by atoms with Crippen LogP contribution in [0.5, 0.6) is 0 Å². The second kappa shape index (κ2) is 5.14. The maximum atomic E-state index is 5.88. The van der Waals surface area contributed by atoms with E-state index in [4.69, 9.17) is 5.73 Å². The highest BCUT2D eigenvalue weighted by molar-refractivity contribution is 9.10. The third-order valence-electron chi connectivity index (χ3n) is 2.47. The monoisotopic (exact) mass is 292 g/mol. The summed E-state index contributed by atoms with van der Waals surface area (Å²) in [6.07, 6.45) is 6.94. The van der Waals surface area contributed by atoms with Gasteiger partial charge in [0.25, 0.3) is 0 Å². The summed E-state index contributed by atoms with van der Waals surface area (Å²) in [5.41, 5.74) is 8.46. The second-order valence-electron chi connectivity index (χ2n) is 3.74. The molecule has 0 fully saturated rings. The lowest BCUT2D eigenvalue weighted by molar-refractivity contribution is 0.874. The first-order valence-electron chi connectivity index (χ1n) is 5.24. The zero-order chi connectivity index (χ0) is 12.3. The topological polar surface area (TPSA) is 63.8 Å². The van der Waals surface area contributed by atoms with E-state index in [1.807, 2.05) is 18.3 Å². The zero-order valence-electron chi connectivity index (χ0n) is 9.39. The van der Waals surface area contributed by atoms with Crippen LogP contribution in [0.25, 0.3) is 0 Å². The number of anilines is 2. The largest absolute Gasteiger partial charge is 0.396 e. The summed E-state index contributed by atoms with van der Waals surface area (Å²) in [5.74, 6) is 0. The molecule has 3 N–H and O–H groups in total. The van der Waals surface area contributed by atoms with Crippen LogP contribution in [-0.4, -0.2) is 9.97 Å². The Morgan fingerprint density at radius 2 is 2.12 bits per heavy atom. The van der Waals surface area contributed by atoms with E-state index in [0.29, 0.717) is 5.69 Å². The molecule has 0 bridgehead atoms. The van der Waals surface area contributed by atoms with Gasteiger partial charge in [0.1, 0.15) is 0 Å². The fourth-order valence-electron chi connectivity index (χ4n) is 1.53. The van der Waals surface area contributed by atoms with Crippen LogP contribution >= 0.6 is 15.9 Å². The number of hydrogen-bond acceptors (Lipinski definition) is 4. The van der Waals surface area contributed by atoms with Crippen molar-refractivity contribution in [3.63, 3.8) is 0 Å². The number of nitrogens with one attached hydrogen (secondary N) is 1. The van der Waals surface area contributed by atoms with E-state index < -0.39 is 0 Å². The van der Waals surface area contributed by atoms with Crippen molar-refractivity contribution in [2.24, 2.45) is 0 Å². The molecule has 0 radical (unpaired) electrons. The number of hydrogen-bond donors (Lipinski definition) is 2. The van der Waals surface area contributed by atoms with Crippen molar-refractivity contribution >= 4 is 27.3 Å². The Morgan fingerprint density at radius 3 is 2.76 bits per heavy atom. The lowest BCUT2D eigenvalue weighted by Gasteiger charge is -2.17. The minimum Gasteiger partial charge on any atom is -0.396 e. The highest BCUT2D eigenvalue weighted by Gasteiger charge is 2.10. The molecule has 2 heterocycles. The predicted octanol–water partition coefficient (Wildman–Crippen LogP) is 2.99. The molecule has 0 spiro atoms. The summed E-state index contributed by atoms with van der Waals surface area (Å²) in [5, 5.41) is 3.34. The Kier molecular flexibility index (Phi) is 3.58. The van der Waals surface area contributed by atoms with Gasteiger partial charge in [-0.15, -0.1) is 0 Å². The second-order valence-corrected chi connectivity index (χ2v) is 4.59. The first-order chi connectivity index (χ1) is 8.18. The lowest BCUT2D eigenvalue weighted by atomic mass is 10.1. The molecule has 88 valence electrons. The van der Waals surface area contributed by atoms with Gasteiger partial charge < -0.3 is 11.1 Å². The molecule has 1 atom stereocenters. The number of rotatable bonds is 3. The van der Waals surface area contributed by atoms with E-state index >= 15 is 0 Å². The fraction of sp³-hybridized carbons (Fsp3) is 0.167. The van der Waals surface area contributed by atoms with Crippen LogP contribution in [0.3, 0.4) is 0 Å². The van der Waals surface area contributed by atoms with Crippen molar-refractivity contribution in [3.05, 3.63) is 47.0 Å². The number of nitrogen functional groups attached to an aromatic ring is 1. The SMILES string of the molecule is CC(Nc1c(N)cncc1Br)c1cccnc1. The summed E-state index contributed by atoms with van der Waals surface area (Å²) in [4.78, 5) is 8.10. The van der Waals surface area contributed by atoms with Gasteiger partial charge in [-0.1, -0.05) is 6.07 Å². The molecule has 17 heavy (non-hydrogen) atoms. The molecule has 4 nitrogen and oxygen atoms in total. The summed E-state index contributed by atoms with van der Waals surface area (Å²) >= 11 is 3.43. The third kappa shape index (κ3) is 2.74. The summed E-state index contributed by atoms with van der Waals surface area (Å²) in [6, 6.07) is 4.07. The van der Waals surface area contributed by atoms with Gasteiger partial charge in [0.15, 0.2) is 0 Å². The normalized spacial score (nSPS) is 12.1. The Hall–Kier alpha value is -1.62. The minimum absolute atomic E-state index is 0.129. The van der Waals surface area contributed by atoms with Crippen LogP contribution in [0.1, 0.15) is 18.5 Å². The van der Waals surface area contributed by atoms with Gasteiger partial charge in [-0.25, -0.2) is 0 Å². The van der Waals surface area contributed by atoms with Crippen molar-refractivity contribution in [2.45, 2.75) is 13.0 Å². The van der Waals surface area contributed by atoms with Gasteiger partial charge >= 0.3 is 0 Å². The first kappa shape index (κ1) is 11.9. The smallest absolute Gasteiger partial charge is 0.0754 e. The number of pyridine rings is 2. The molecule has 0 aliphatic carbocycles. The first-order valence-corrected chi connectivity index (χ1v) is 6.03. The maximum Gasteiger partial charge on any atom is 0.0754 e. The van der Waals surface area contributed by atoms with Crippen molar-refractivity contribution in [3.8, 4) is 0 Å². The molecule has 2 rings (SSSR count). The standard InChI is InChI=1S/C12H13BrN4/c1-8(9-3-2-4-15-5-9)17-12-10(13)6-16-7-11(12)14/h2-8H,14H2,1H3,(H,16,17). The van der Waals surface area contributed by atoms with Gasteiger partial charge in [0.2, 0.25) is 0 Å². The molecular weight excluding hydrogens is 280 g/mol. The van der Waals surface area contributed by atoms with Gasteiger partial charge in [-0.3, -0.25) is 9.97 Å². The molecule has 0 aromatic carbocycles. The van der Waals surface area contributed by atoms with E-state index in [1.54, 1.807) is 18.6 Å². The van der Waals surface area contributed by atoms with Gasteiger partial charge in [0, 0.05) is 18.6 Å². The van der Waals surface area contributed by atoms with Crippen molar-refractivity contribution in [1.29, 1.82) is 0 Å². The van der Waals surface area contributed by atoms with Gasteiger partial charge in [-0.05, 0) is 34.5 Å². The molecule has 2 aromatic rings. The van der Waals surface area contributed by atoms with Crippen LogP contribution in [0.2, 0.25) is 0 Å². The van der Waals surface area contributed by atoms with E-state index in [1.165, 1.54) is 0 Å². The van der Waals surface area contributed by atoms with Gasteiger partial charge in [-0.2, -0.15) is 0 Å². The summed E-state index contributed by atoms with van der Waals surface area (Å²) in [7, 11) is 0. The summed E-state index contributed by atoms with van der Waals surface area (Å²) < 4.78 is 0.855. The van der Waals surface area contributed by atoms with Crippen LogP contribution in [0.4, 0.5) is 11.4 Å². The highest BCUT2D eigenvalue weighted by Crippen LogP contribution is 2.30.